The molecule has 0 aliphatic heterocycles. The fraction of sp³-hybridized carbons (Fsp3) is 0.786. The highest BCUT2D eigenvalue weighted by atomic mass is 16.7. The molecule has 2 atom stereocenters. The number of fused-ring (bicyclic) bond motifs is 1. The van der Waals surface area contributed by atoms with Crippen molar-refractivity contribution in [1.29, 1.82) is 0 Å². The Labute approximate surface area is 103 Å². The molecular formula is C14H22O3. The number of ether oxygens (including phenoxy) is 2. The van der Waals surface area contributed by atoms with Crippen molar-refractivity contribution in [1.82, 2.24) is 0 Å². The molecule has 2 aliphatic rings. The van der Waals surface area contributed by atoms with Crippen molar-refractivity contribution >= 4 is 5.78 Å². The van der Waals surface area contributed by atoms with E-state index in [0.717, 1.165) is 37.7 Å². The van der Waals surface area contributed by atoms with Gasteiger partial charge in [0.15, 0.2) is 5.78 Å². The van der Waals surface area contributed by atoms with Crippen LogP contribution in [0.1, 0.15) is 45.4 Å². The Morgan fingerprint density at radius 2 is 2.35 bits per heavy atom. The third-order valence-corrected chi connectivity index (χ3v) is 3.98. The molecule has 0 saturated heterocycles. The summed E-state index contributed by atoms with van der Waals surface area (Å²) in [5.74, 6) is 0.551. The van der Waals surface area contributed by atoms with Crippen LogP contribution in [-0.4, -0.2) is 25.3 Å². The van der Waals surface area contributed by atoms with Gasteiger partial charge in [0.1, 0.15) is 12.4 Å². The van der Waals surface area contributed by atoms with E-state index in [4.69, 9.17) is 9.47 Å². The fourth-order valence-electron chi connectivity index (χ4n) is 3.08. The van der Waals surface area contributed by atoms with Crippen LogP contribution in [0.4, 0.5) is 0 Å². The molecule has 0 spiro atoms. The van der Waals surface area contributed by atoms with Gasteiger partial charge in [-0.25, -0.2) is 0 Å². The van der Waals surface area contributed by atoms with Gasteiger partial charge in [-0.15, -0.1) is 0 Å². The fourth-order valence-corrected chi connectivity index (χ4v) is 3.08. The average molecular weight is 238 g/mol. The van der Waals surface area contributed by atoms with Crippen LogP contribution in [0.3, 0.4) is 0 Å². The lowest BCUT2D eigenvalue weighted by Gasteiger charge is -2.44. The minimum Gasteiger partial charge on any atom is -0.359 e. The Hall–Kier alpha value is -0.670. The van der Waals surface area contributed by atoms with Gasteiger partial charge in [-0.2, -0.15) is 0 Å². The Morgan fingerprint density at radius 1 is 1.53 bits per heavy atom. The first kappa shape index (κ1) is 12.8. The van der Waals surface area contributed by atoms with Crippen molar-refractivity contribution in [2.45, 2.75) is 51.0 Å². The maximum atomic E-state index is 12.2. The normalized spacial score (nSPS) is 33.9. The highest BCUT2D eigenvalue weighted by molar-refractivity contribution is 6.10. The van der Waals surface area contributed by atoms with Gasteiger partial charge in [-0.1, -0.05) is 25.8 Å². The molecule has 2 aliphatic carbocycles. The molecule has 96 valence electrons. The molecular weight excluding hydrogens is 216 g/mol. The standard InChI is InChI=1S/C14H22O3/c1-3-4-5-7-11-12-8-6-9-14(12,13(11)15)17-10-16-2/h7,12H,3-6,8-10H2,1-2H3/b11-7-/t12-,14+/m1/s1. The van der Waals surface area contributed by atoms with Gasteiger partial charge in [0.05, 0.1) is 0 Å². The van der Waals surface area contributed by atoms with Crippen molar-refractivity contribution < 1.29 is 14.3 Å². The van der Waals surface area contributed by atoms with Crippen molar-refractivity contribution in [3.63, 3.8) is 0 Å². The Morgan fingerprint density at radius 3 is 3.06 bits per heavy atom. The van der Waals surface area contributed by atoms with Crippen molar-refractivity contribution in [2.75, 3.05) is 13.9 Å². The molecule has 0 bridgehead atoms. The number of allylic oxidation sites excluding steroid dienone is 1. The van der Waals surface area contributed by atoms with Crippen LogP contribution in [0, 0.1) is 5.92 Å². The Kier molecular flexibility index (Phi) is 4.00. The molecule has 0 amide bonds. The number of Topliss-reactive ketones (excluding diaryl/α,β-unsaturated/α-hetero) is 1. The van der Waals surface area contributed by atoms with Crippen LogP contribution >= 0.6 is 0 Å². The molecule has 2 rings (SSSR count). The molecule has 0 unspecified atom stereocenters. The SMILES string of the molecule is CCCC/C=C1\C(=O)[C@]2(OCOC)CCC[C@H]12. The maximum absolute atomic E-state index is 12.2. The lowest BCUT2D eigenvalue weighted by Crippen LogP contribution is -2.57. The summed E-state index contributed by atoms with van der Waals surface area (Å²) in [6, 6.07) is 0. The molecule has 0 heterocycles. The van der Waals surface area contributed by atoms with Gasteiger partial charge < -0.3 is 9.47 Å². The smallest absolute Gasteiger partial charge is 0.191 e. The van der Waals surface area contributed by atoms with Gasteiger partial charge in [0.25, 0.3) is 0 Å². The molecule has 0 radical (unpaired) electrons. The van der Waals surface area contributed by atoms with Crippen molar-refractivity contribution in [3.05, 3.63) is 11.6 Å². The molecule has 0 aromatic rings. The largest absolute Gasteiger partial charge is 0.359 e. The number of carbonyl (C=O) groups excluding carboxylic acids is 1. The second kappa shape index (κ2) is 5.32. The minimum absolute atomic E-state index is 0.216. The van der Waals surface area contributed by atoms with E-state index in [2.05, 4.69) is 13.0 Å². The molecule has 3 heteroatoms. The van der Waals surface area contributed by atoms with E-state index in [-0.39, 0.29) is 12.6 Å². The van der Waals surface area contributed by atoms with Crippen molar-refractivity contribution in [3.8, 4) is 0 Å². The van der Waals surface area contributed by atoms with E-state index >= 15 is 0 Å². The third kappa shape index (κ3) is 2.06. The molecule has 17 heavy (non-hydrogen) atoms. The highest BCUT2D eigenvalue weighted by Gasteiger charge is 2.61. The first-order valence-corrected chi connectivity index (χ1v) is 6.64. The average Bonchev–Trinajstić information content (AvgIpc) is 2.72. The second-order valence-corrected chi connectivity index (χ2v) is 5.02. The predicted octanol–water partition coefficient (Wildman–Crippen LogP) is 2.85. The highest BCUT2D eigenvalue weighted by Crippen LogP contribution is 2.53. The summed E-state index contributed by atoms with van der Waals surface area (Å²) >= 11 is 0. The second-order valence-electron chi connectivity index (χ2n) is 5.02. The van der Waals surface area contributed by atoms with Crippen LogP contribution in [0.25, 0.3) is 0 Å². The summed E-state index contributed by atoms with van der Waals surface area (Å²) < 4.78 is 10.6. The van der Waals surface area contributed by atoms with E-state index in [0.29, 0.717) is 5.92 Å². The summed E-state index contributed by atoms with van der Waals surface area (Å²) in [5.41, 5.74) is 0.501. The quantitative estimate of drug-likeness (QED) is 0.405. The number of carbonyl (C=O) groups is 1. The zero-order valence-electron chi connectivity index (χ0n) is 10.8. The molecule has 2 fully saturated rings. The van der Waals surface area contributed by atoms with Gasteiger partial charge >= 0.3 is 0 Å². The maximum Gasteiger partial charge on any atom is 0.191 e. The lowest BCUT2D eigenvalue weighted by atomic mass is 9.65. The summed E-state index contributed by atoms with van der Waals surface area (Å²) in [4.78, 5) is 12.2. The van der Waals surface area contributed by atoms with Crippen LogP contribution in [-0.2, 0) is 14.3 Å². The van der Waals surface area contributed by atoms with Gasteiger partial charge in [-0.3, -0.25) is 4.79 Å². The summed E-state index contributed by atoms with van der Waals surface area (Å²) in [7, 11) is 1.60. The van der Waals surface area contributed by atoms with Gasteiger partial charge in [0, 0.05) is 18.6 Å². The zero-order valence-corrected chi connectivity index (χ0v) is 10.8. The molecule has 0 aromatic heterocycles. The number of hydrogen-bond donors (Lipinski definition) is 0. The number of ketones is 1. The van der Waals surface area contributed by atoms with Crippen LogP contribution in [0.2, 0.25) is 0 Å². The van der Waals surface area contributed by atoms with Crippen LogP contribution < -0.4 is 0 Å². The van der Waals surface area contributed by atoms with E-state index in [9.17, 15) is 4.79 Å². The van der Waals surface area contributed by atoms with Gasteiger partial charge in [-0.05, 0) is 25.7 Å². The Balaban J connectivity index is 2.02. The lowest BCUT2D eigenvalue weighted by molar-refractivity contribution is -0.179. The van der Waals surface area contributed by atoms with Gasteiger partial charge in [0.2, 0.25) is 0 Å². The van der Waals surface area contributed by atoms with E-state index in [1.165, 1.54) is 6.42 Å². The number of hydrogen-bond acceptors (Lipinski definition) is 3. The minimum atomic E-state index is -0.520. The molecule has 0 aromatic carbocycles. The third-order valence-electron chi connectivity index (χ3n) is 3.98. The monoisotopic (exact) mass is 238 g/mol. The summed E-state index contributed by atoms with van der Waals surface area (Å²) in [5, 5.41) is 0. The first-order valence-electron chi connectivity index (χ1n) is 6.64. The van der Waals surface area contributed by atoms with E-state index in [1.807, 2.05) is 0 Å². The summed E-state index contributed by atoms with van der Waals surface area (Å²) in [6.45, 7) is 2.40. The van der Waals surface area contributed by atoms with Crippen LogP contribution in [0.15, 0.2) is 11.6 Å². The topological polar surface area (TPSA) is 35.5 Å². The number of unbranched alkanes of at least 4 members (excludes halogenated alkanes) is 2. The van der Waals surface area contributed by atoms with Crippen LogP contribution in [0.5, 0.6) is 0 Å². The Bertz CT molecular complexity index is 321. The van der Waals surface area contributed by atoms with E-state index < -0.39 is 5.60 Å². The molecule has 3 nitrogen and oxygen atoms in total. The summed E-state index contributed by atoms with van der Waals surface area (Å²) in [6.07, 6.45) is 8.54. The first-order chi connectivity index (χ1) is 8.26. The van der Waals surface area contributed by atoms with E-state index in [1.54, 1.807) is 7.11 Å². The zero-order chi connectivity index (χ0) is 12.3. The number of methoxy groups -OCH3 is 1. The number of rotatable bonds is 6. The predicted molar refractivity (Wildman–Crippen MR) is 65.6 cm³/mol. The van der Waals surface area contributed by atoms with Crippen molar-refractivity contribution in [2.24, 2.45) is 5.92 Å². The molecule has 2 saturated carbocycles. The molecule has 0 N–H and O–H groups in total.